The summed E-state index contributed by atoms with van der Waals surface area (Å²) in [6.45, 7) is 12.2. The molecular formula is C17H23BrO5. The molecule has 0 aromatic heterocycles. The zero-order valence-corrected chi connectivity index (χ0v) is 16.2. The van der Waals surface area contributed by atoms with Crippen molar-refractivity contribution < 1.29 is 23.8 Å². The molecule has 0 saturated heterocycles. The second-order valence-corrected chi connectivity index (χ2v) is 7.97. The number of esters is 1. The normalized spacial score (nSPS) is 11.8. The van der Waals surface area contributed by atoms with E-state index in [9.17, 15) is 9.59 Å². The molecule has 0 atom stereocenters. The van der Waals surface area contributed by atoms with Gasteiger partial charge in [-0.1, -0.05) is 15.9 Å². The molecule has 0 amide bonds. The van der Waals surface area contributed by atoms with Crippen LogP contribution in [0.15, 0.2) is 16.6 Å². The lowest BCUT2D eigenvalue weighted by atomic mass is 10.1. The van der Waals surface area contributed by atoms with Crippen molar-refractivity contribution in [3.8, 4) is 5.75 Å². The highest BCUT2D eigenvalue weighted by Crippen LogP contribution is 2.31. The predicted octanol–water partition coefficient (Wildman–Crippen LogP) is 5.03. The summed E-state index contributed by atoms with van der Waals surface area (Å²) in [6, 6.07) is 3.23. The van der Waals surface area contributed by atoms with Crippen LogP contribution in [0.1, 0.15) is 57.5 Å². The quantitative estimate of drug-likeness (QED) is 0.526. The van der Waals surface area contributed by atoms with E-state index in [2.05, 4.69) is 15.9 Å². The van der Waals surface area contributed by atoms with Crippen molar-refractivity contribution in [1.82, 2.24) is 0 Å². The number of hydrogen-bond acceptors (Lipinski definition) is 5. The van der Waals surface area contributed by atoms with E-state index in [-0.39, 0.29) is 11.3 Å². The van der Waals surface area contributed by atoms with Gasteiger partial charge < -0.3 is 14.2 Å². The lowest BCUT2D eigenvalue weighted by Crippen LogP contribution is -2.27. The molecule has 128 valence electrons. The van der Waals surface area contributed by atoms with Crippen LogP contribution in [0.2, 0.25) is 0 Å². The Labute approximate surface area is 145 Å². The van der Waals surface area contributed by atoms with Gasteiger partial charge in [-0.2, -0.15) is 0 Å². The number of halogens is 1. The SMILES string of the molecule is Cc1c(Br)ccc(OC(=O)OC(C)(C)C)c1C(=O)OC(C)(C)C. The summed E-state index contributed by atoms with van der Waals surface area (Å²) in [5.74, 6) is -0.455. The Morgan fingerprint density at radius 2 is 1.48 bits per heavy atom. The molecule has 23 heavy (non-hydrogen) atoms. The van der Waals surface area contributed by atoms with Gasteiger partial charge in [-0.15, -0.1) is 0 Å². The maximum Gasteiger partial charge on any atom is 0.514 e. The van der Waals surface area contributed by atoms with Crippen molar-refractivity contribution in [3.05, 3.63) is 27.7 Å². The molecule has 5 nitrogen and oxygen atoms in total. The van der Waals surface area contributed by atoms with E-state index in [1.165, 1.54) is 6.07 Å². The molecule has 6 heteroatoms. The van der Waals surface area contributed by atoms with Gasteiger partial charge in [0.25, 0.3) is 0 Å². The lowest BCUT2D eigenvalue weighted by Gasteiger charge is -2.22. The first-order valence-corrected chi connectivity index (χ1v) is 8.03. The Morgan fingerprint density at radius 3 is 1.96 bits per heavy atom. The van der Waals surface area contributed by atoms with Gasteiger partial charge in [0, 0.05) is 4.47 Å². The molecular weight excluding hydrogens is 364 g/mol. The van der Waals surface area contributed by atoms with Crippen LogP contribution >= 0.6 is 15.9 Å². The predicted molar refractivity (Wildman–Crippen MR) is 90.9 cm³/mol. The first-order chi connectivity index (χ1) is 10.3. The first-order valence-electron chi connectivity index (χ1n) is 7.23. The van der Waals surface area contributed by atoms with Crippen LogP contribution < -0.4 is 4.74 Å². The average Bonchev–Trinajstić information content (AvgIpc) is 2.29. The Bertz CT molecular complexity index is 609. The third-order valence-corrected chi connectivity index (χ3v) is 3.41. The highest BCUT2D eigenvalue weighted by atomic mass is 79.9. The van der Waals surface area contributed by atoms with E-state index in [4.69, 9.17) is 14.2 Å². The molecule has 1 aromatic rings. The van der Waals surface area contributed by atoms with Crippen LogP contribution in [0.3, 0.4) is 0 Å². The zero-order chi connectivity index (χ0) is 18.0. The van der Waals surface area contributed by atoms with Crippen LogP contribution in [0.25, 0.3) is 0 Å². The summed E-state index contributed by atoms with van der Waals surface area (Å²) in [5.41, 5.74) is -0.525. The lowest BCUT2D eigenvalue weighted by molar-refractivity contribution is 0.00601. The number of benzene rings is 1. The molecule has 0 aliphatic carbocycles. The number of carbonyl (C=O) groups is 2. The Balaban J connectivity index is 3.16. The van der Waals surface area contributed by atoms with Crippen LogP contribution in [0, 0.1) is 6.92 Å². The second kappa shape index (κ2) is 6.91. The molecule has 1 rings (SSSR count). The molecule has 0 heterocycles. The highest BCUT2D eigenvalue weighted by Gasteiger charge is 2.26. The minimum absolute atomic E-state index is 0.106. The topological polar surface area (TPSA) is 61.8 Å². The smallest absolute Gasteiger partial charge is 0.456 e. The Morgan fingerprint density at radius 1 is 0.957 bits per heavy atom. The first kappa shape index (κ1) is 19.5. The van der Waals surface area contributed by atoms with Crippen molar-refractivity contribution in [1.29, 1.82) is 0 Å². The third-order valence-electron chi connectivity index (χ3n) is 2.55. The fourth-order valence-electron chi connectivity index (χ4n) is 1.69. The third kappa shape index (κ3) is 6.22. The van der Waals surface area contributed by atoms with Crippen LogP contribution in [0.4, 0.5) is 4.79 Å². The molecule has 0 radical (unpaired) electrons. The molecule has 0 aliphatic rings. The van der Waals surface area contributed by atoms with Gasteiger partial charge >= 0.3 is 12.1 Å². The van der Waals surface area contributed by atoms with Crippen molar-refractivity contribution in [2.24, 2.45) is 0 Å². The van der Waals surface area contributed by atoms with Gasteiger partial charge in [0.1, 0.15) is 22.5 Å². The van der Waals surface area contributed by atoms with Crippen LogP contribution in [-0.2, 0) is 9.47 Å². The van der Waals surface area contributed by atoms with Gasteiger partial charge in [0.05, 0.1) is 0 Å². The summed E-state index contributed by atoms with van der Waals surface area (Å²) in [4.78, 5) is 24.3. The fourth-order valence-corrected chi connectivity index (χ4v) is 2.02. The van der Waals surface area contributed by atoms with Crippen molar-refractivity contribution >= 4 is 28.1 Å². The number of ether oxygens (including phenoxy) is 3. The van der Waals surface area contributed by atoms with Gasteiger partial charge in [0.2, 0.25) is 0 Å². The number of rotatable bonds is 2. The van der Waals surface area contributed by atoms with Gasteiger partial charge in [0.15, 0.2) is 0 Å². The number of hydrogen-bond donors (Lipinski definition) is 0. The summed E-state index contributed by atoms with van der Waals surface area (Å²) in [5, 5.41) is 0. The maximum atomic E-state index is 12.4. The maximum absolute atomic E-state index is 12.4. The standard InChI is InChI=1S/C17H23BrO5/c1-10-11(18)8-9-12(21-15(20)23-17(5,6)7)13(10)14(19)22-16(2,3)4/h8-9H,1-7H3. The average molecular weight is 387 g/mol. The Hall–Kier alpha value is -1.56. The van der Waals surface area contributed by atoms with Crippen molar-refractivity contribution in [2.75, 3.05) is 0 Å². The molecule has 0 unspecified atom stereocenters. The van der Waals surface area contributed by atoms with E-state index in [0.717, 1.165) is 4.47 Å². The van der Waals surface area contributed by atoms with E-state index < -0.39 is 23.3 Å². The number of carbonyl (C=O) groups excluding carboxylic acids is 2. The molecule has 0 fully saturated rings. The summed E-state index contributed by atoms with van der Waals surface area (Å²) < 4.78 is 16.4. The Kier molecular flexibility index (Phi) is 5.85. The monoisotopic (exact) mass is 386 g/mol. The summed E-state index contributed by atoms with van der Waals surface area (Å²) in [6.07, 6.45) is -0.871. The second-order valence-electron chi connectivity index (χ2n) is 7.11. The van der Waals surface area contributed by atoms with E-state index in [0.29, 0.717) is 5.56 Å². The zero-order valence-electron chi connectivity index (χ0n) is 14.6. The minimum Gasteiger partial charge on any atom is -0.456 e. The van der Waals surface area contributed by atoms with Crippen molar-refractivity contribution in [2.45, 2.75) is 59.7 Å². The van der Waals surface area contributed by atoms with E-state index in [1.807, 2.05) is 0 Å². The molecule has 1 aromatic carbocycles. The van der Waals surface area contributed by atoms with E-state index in [1.54, 1.807) is 54.5 Å². The minimum atomic E-state index is -0.871. The molecule has 0 saturated carbocycles. The van der Waals surface area contributed by atoms with E-state index >= 15 is 0 Å². The fraction of sp³-hybridized carbons (Fsp3) is 0.529. The van der Waals surface area contributed by atoms with Crippen LogP contribution in [-0.4, -0.2) is 23.3 Å². The molecule has 0 aliphatic heterocycles. The molecule has 0 bridgehead atoms. The largest absolute Gasteiger partial charge is 0.514 e. The molecule has 0 N–H and O–H groups in total. The highest BCUT2D eigenvalue weighted by molar-refractivity contribution is 9.10. The van der Waals surface area contributed by atoms with Gasteiger partial charge in [-0.25, -0.2) is 9.59 Å². The summed E-state index contributed by atoms with van der Waals surface area (Å²) in [7, 11) is 0. The van der Waals surface area contributed by atoms with Crippen molar-refractivity contribution in [3.63, 3.8) is 0 Å². The van der Waals surface area contributed by atoms with Crippen LogP contribution in [0.5, 0.6) is 5.75 Å². The molecule has 0 spiro atoms. The van der Waals surface area contributed by atoms with Gasteiger partial charge in [-0.3, -0.25) is 0 Å². The van der Waals surface area contributed by atoms with Gasteiger partial charge in [-0.05, 0) is 66.2 Å². The summed E-state index contributed by atoms with van der Waals surface area (Å²) >= 11 is 3.36.